The van der Waals surface area contributed by atoms with Crippen LogP contribution in [0, 0.1) is 0 Å². The van der Waals surface area contributed by atoms with Crippen molar-refractivity contribution in [2.24, 2.45) is 0 Å². The normalized spacial score (nSPS) is 13.3. The number of ether oxygens (including phenoxy) is 1. The molecule has 0 radical (unpaired) electrons. The van der Waals surface area contributed by atoms with Gasteiger partial charge in [0.15, 0.2) is 6.04 Å². The van der Waals surface area contributed by atoms with Crippen LogP contribution in [0.4, 0.5) is 13.2 Å². The van der Waals surface area contributed by atoms with Crippen molar-refractivity contribution in [1.82, 2.24) is 5.32 Å². The average molecular weight is 229 g/mol. The highest BCUT2D eigenvalue weighted by Gasteiger charge is 2.40. The van der Waals surface area contributed by atoms with Crippen LogP contribution >= 0.6 is 0 Å². The molecule has 0 aromatic carbocycles. The lowest BCUT2D eigenvalue weighted by Gasteiger charge is -2.15. The molecule has 0 aliphatic rings. The lowest BCUT2D eigenvalue weighted by Crippen LogP contribution is -2.49. The predicted octanol–water partition coefficient (Wildman–Crippen LogP) is 0.155. The highest BCUT2D eigenvalue weighted by atomic mass is 19.4. The van der Waals surface area contributed by atoms with Crippen LogP contribution in [-0.4, -0.2) is 42.4 Å². The SMILES string of the molecule is CCOC[C@@H](NC(=O)C(F)(F)F)C(=O)O. The minimum absolute atomic E-state index is 0.145. The van der Waals surface area contributed by atoms with Crippen molar-refractivity contribution in [2.45, 2.75) is 19.1 Å². The summed E-state index contributed by atoms with van der Waals surface area (Å²) < 4.78 is 39.9. The Morgan fingerprint density at radius 1 is 1.47 bits per heavy atom. The van der Waals surface area contributed by atoms with E-state index in [1.54, 1.807) is 6.92 Å². The standard InChI is InChI=1S/C7H10F3NO4/c1-2-15-3-4(5(12)13)11-6(14)7(8,9)10/h4H,2-3H2,1H3,(H,11,14)(H,12,13)/t4-/m1/s1. The van der Waals surface area contributed by atoms with Crippen LogP contribution in [-0.2, 0) is 14.3 Å². The summed E-state index contributed by atoms with van der Waals surface area (Å²) in [5, 5.41) is 9.76. The fourth-order valence-corrected chi connectivity index (χ4v) is 0.650. The van der Waals surface area contributed by atoms with Gasteiger partial charge in [0, 0.05) is 6.61 Å². The maximum Gasteiger partial charge on any atom is 0.471 e. The Balaban J connectivity index is 4.29. The zero-order valence-electron chi connectivity index (χ0n) is 7.80. The molecule has 0 unspecified atom stereocenters. The predicted molar refractivity (Wildman–Crippen MR) is 42.1 cm³/mol. The Labute approximate surface area is 83.2 Å². The summed E-state index contributed by atoms with van der Waals surface area (Å²) in [6, 6.07) is -1.70. The number of halogens is 3. The van der Waals surface area contributed by atoms with E-state index in [9.17, 15) is 22.8 Å². The van der Waals surface area contributed by atoms with Gasteiger partial charge in [-0.2, -0.15) is 13.2 Å². The molecule has 0 aromatic rings. The van der Waals surface area contributed by atoms with E-state index in [1.165, 1.54) is 5.32 Å². The number of alkyl halides is 3. The van der Waals surface area contributed by atoms with Gasteiger partial charge in [-0.1, -0.05) is 0 Å². The van der Waals surface area contributed by atoms with Gasteiger partial charge in [0.1, 0.15) is 0 Å². The van der Waals surface area contributed by atoms with Gasteiger partial charge in [-0.25, -0.2) is 4.79 Å². The first-order valence-electron chi connectivity index (χ1n) is 3.97. The lowest BCUT2D eigenvalue weighted by molar-refractivity contribution is -0.176. The van der Waals surface area contributed by atoms with Crippen LogP contribution in [0.2, 0.25) is 0 Å². The number of hydrogen-bond acceptors (Lipinski definition) is 3. The number of rotatable bonds is 5. The van der Waals surface area contributed by atoms with E-state index in [1.807, 2.05) is 0 Å². The van der Waals surface area contributed by atoms with E-state index in [-0.39, 0.29) is 6.61 Å². The molecule has 0 bridgehead atoms. The summed E-state index contributed by atoms with van der Waals surface area (Å²) in [5.41, 5.74) is 0. The third-order valence-electron chi connectivity index (χ3n) is 1.35. The van der Waals surface area contributed by atoms with Crippen molar-refractivity contribution in [1.29, 1.82) is 0 Å². The number of nitrogens with one attached hydrogen (secondary N) is 1. The quantitative estimate of drug-likeness (QED) is 0.703. The maximum absolute atomic E-state index is 11.7. The van der Waals surface area contributed by atoms with Crippen molar-refractivity contribution in [3.05, 3.63) is 0 Å². The Kier molecular flexibility index (Phi) is 5.06. The molecule has 0 spiro atoms. The first-order valence-corrected chi connectivity index (χ1v) is 3.97. The van der Waals surface area contributed by atoms with Crippen molar-refractivity contribution >= 4 is 11.9 Å². The second-order valence-electron chi connectivity index (χ2n) is 2.52. The summed E-state index contributed by atoms with van der Waals surface area (Å²) >= 11 is 0. The molecule has 2 N–H and O–H groups in total. The molecule has 0 aromatic heterocycles. The summed E-state index contributed by atoms with van der Waals surface area (Å²) in [6.45, 7) is 1.18. The molecule has 0 aliphatic carbocycles. The molecule has 0 fully saturated rings. The first-order chi connectivity index (χ1) is 6.79. The fourth-order valence-electron chi connectivity index (χ4n) is 0.650. The smallest absolute Gasteiger partial charge is 0.471 e. The molecule has 0 saturated heterocycles. The molecule has 0 aliphatic heterocycles. The molecule has 8 heteroatoms. The highest BCUT2D eigenvalue weighted by Crippen LogP contribution is 2.14. The van der Waals surface area contributed by atoms with E-state index in [2.05, 4.69) is 4.74 Å². The summed E-state index contributed by atoms with van der Waals surface area (Å²) in [6.07, 6.45) is -5.10. The molecule has 0 rings (SSSR count). The molecule has 0 heterocycles. The van der Waals surface area contributed by atoms with Crippen LogP contribution in [0.15, 0.2) is 0 Å². The number of carbonyl (C=O) groups excluding carboxylic acids is 1. The van der Waals surface area contributed by atoms with Gasteiger partial charge in [-0.15, -0.1) is 0 Å². The topological polar surface area (TPSA) is 75.6 Å². The molecule has 5 nitrogen and oxygen atoms in total. The van der Waals surface area contributed by atoms with Crippen LogP contribution in [0.3, 0.4) is 0 Å². The van der Waals surface area contributed by atoms with Gasteiger partial charge in [-0.05, 0) is 6.92 Å². The molecule has 0 saturated carbocycles. The minimum atomic E-state index is -5.10. The van der Waals surface area contributed by atoms with Gasteiger partial charge < -0.3 is 15.2 Å². The number of carboxylic acid groups (broad SMARTS) is 1. The first kappa shape index (κ1) is 13.7. The van der Waals surface area contributed by atoms with Gasteiger partial charge in [0.2, 0.25) is 0 Å². The Bertz CT molecular complexity index is 241. The van der Waals surface area contributed by atoms with Crippen LogP contribution in [0.5, 0.6) is 0 Å². The maximum atomic E-state index is 11.7. The van der Waals surface area contributed by atoms with E-state index in [0.717, 1.165) is 0 Å². The molecular weight excluding hydrogens is 219 g/mol. The number of carboxylic acids is 1. The Morgan fingerprint density at radius 3 is 2.33 bits per heavy atom. The van der Waals surface area contributed by atoms with Crippen molar-refractivity contribution in [2.75, 3.05) is 13.2 Å². The third-order valence-corrected chi connectivity index (χ3v) is 1.35. The number of carbonyl (C=O) groups is 2. The molecule has 88 valence electrons. The zero-order valence-corrected chi connectivity index (χ0v) is 7.80. The van der Waals surface area contributed by atoms with E-state index in [0.29, 0.717) is 0 Å². The summed E-state index contributed by atoms with van der Waals surface area (Å²) in [4.78, 5) is 20.8. The van der Waals surface area contributed by atoms with Crippen LogP contribution in [0.25, 0.3) is 0 Å². The molecule has 15 heavy (non-hydrogen) atoms. The number of aliphatic carboxylic acids is 1. The van der Waals surface area contributed by atoms with Crippen molar-refractivity contribution < 1.29 is 32.6 Å². The fraction of sp³-hybridized carbons (Fsp3) is 0.714. The average Bonchev–Trinajstić information content (AvgIpc) is 2.09. The molecule has 1 amide bonds. The van der Waals surface area contributed by atoms with Gasteiger partial charge in [-0.3, -0.25) is 4.79 Å². The number of hydrogen-bond donors (Lipinski definition) is 2. The highest BCUT2D eigenvalue weighted by molar-refractivity contribution is 5.86. The zero-order chi connectivity index (χ0) is 12.1. The Hall–Kier alpha value is -1.31. The van der Waals surface area contributed by atoms with Gasteiger partial charge in [0.05, 0.1) is 6.61 Å². The Morgan fingerprint density at radius 2 is 2.00 bits per heavy atom. The second kappa shape index (κ2) is 5.54. The summed E-state index contributed by atoms with van der Waals surface area (Å²) in [5.74, 6) is -3.88. The van der Waals surface area contributed by atoms with Crippen LogP contribution in [0.1, 0.15) is 6.92 Å². The lowest BCUT2D eigenvalue weighted by atomic mass is 10.3. The van der Waals surface area contributed by atoms with Crippen molar-refractivity contribution in [3.63, 3.8) is 0 Å². The second-order valence-corrected chi connectivity index (χ2v) is 2.52. The third kappa shape index (κ3) is 5.21. The minimum Gasteiger partial charge on any atom is -0.480 e. The molecular formula is C7H10F3NO4. The van der Waals surface area contributed by atoms with Gasteiger partial charge >= 0.3 is 18.1 Å². The summed E-state index contributed by atoms with van der Waals surface area (Å²) in [7, 11) is 0. The van der Waals surface area contributed by atoms with E-state index < -0.39 is 30.7 Å². The monoisotopic (exact) mass is 229 g/mol. The largest absolute Gasteiger partial charge is 0.480 e. The van der Waals surface area contributed by atoms with Gasteiger partial charge in [0.25, 0.3) is 0 Å². The number of amides is 1. The van der Waals surface area contributed by atoms with E-state index >= 15 is 0 Å². The van der Waals surface area contributed by atoms with Crippen molar-refractivity contribution in [3.8, 4) is 0 Å². The molecule has 1 atom stereocenters. The van der Waals surface area contributed by atoms with Crippen LogP contribution < -0.4 is 5.32 Å². The van der Waals surface area contributed by atoms with E-state index in [4.69, 9.17) is 5.11 Å².